The molecule has 43 heavy (non-hydrogen) atoms. The van der Waals surface area contributed by atoms with Crippen LogP contribution in [0.5, 0.6) is 11.5 Å². The molecule has 0 saturated carbocycles. The van der Waals surface area contributed by atoms with Crippen LogP contribution in [0.25, 0.3) is 0 Å². The quantitative estimate of drug-likeness (QED) is 0.310. The molecule has 2 amide bonds. The summed E-state index contributed by atoms with van der Waals surface area (Å²) in [5.74, 6) is 0.146. The van der Waals surface area contributed by atoms with Crippen LogP contribution in [0.3, 0.4) is 0 Å². The zero-order valence-corrected chi connectivity index (χ0v) is 26.1. The Labute approximate surface area is 254 Å². The van der Waals surface area contributed by atoms with E-state index in [1.54, 1.807) is 18.2 Å². The van der Waals surface area contributed by atoms with Gasteiger partial charge in [-0.1, -0.05) is 74.0 Å². The Bertz CT molecular complexity index is 1490. The van der Waals surface area contributed by atoms with Crippen molar-refractivity contribution in [2.45, 2.75) is 46.7 Å². The molecule has 1 atom stereocenters. The van der Waals surface area contributed by atoms with Gasteiger partial charge in [0.05, 0.1) is 11.4 Å². The first-order chi connectivity index (χ1) is 20.6. The molecule has 0 spiro atoms. The van der Waals surface area contributed by atoms with Gasteiger partial charge in [0.15, 0.2) is 11.5 Å². The summed E-state index contributed by atoms with van der Waals surface area (Å²) >= 11 is 0. The fourth-order valence-corrected chi connectivity index (χ4v) is 5.83. The molecule has 10 heteroatoms. The standard InChI is InChI=1S/C33H41N3O6S/c1-5-43(39,40)36(28-15-16-30-31(20-28)42-18-17-41-30)23-32(37)35(22-27-13-11-25(4)12-14-27)29(33(38)34-21-24(2)3)19-26-9-7-6-8-10-26/h6-16,20,24,29H,5,17-19,21-23H2,1-4H3,(H,34,38)/t29-/m1/s1. The van der Waals surface area contributed by atoms with Crippen LogP contribution in [0.1, 0.15) is 37.5 Å². The molecule has 0 fully saturated rings. The second-order valence-electron chi connectivity index (χ2n) is 11.1. The van der Waals surface area contributed by atoms with Crippen molar-refractivity contribution in [2.24, 2.45) is 5.92 Å². The smallest absolute Gasteiger partial charge is 0.244 e. The fourth-order valence-electron chi connectivity index (χ4n) is 4.77. The number of fused-ring (bicyclic) bond motifs is 1. The number of sulfonamides is 1. The largest absolute Gasteiger partial charge is 0.486 e. The third-order valence-electron chi connectivity index (χ3n) is 7.22. The maximum atomic E-state index is 14.3. The number of ether oxygens (including phenoxy) is 2. The van der Waals surface area contributed by atoms with Crippen molar-refractivity contribution >= 4 is 27.5 Å². The lowest BCUT2D eigenvalue weighted by atomic mass is 10.0. The SMILES string of the molecule is CCS(=O)(=O)N(CC(=O)N(Cc1ccc(C)cc1)[C@H](Cc1ccccc1)C(=O)NCC(C)C)c1ccc2c(c1)OCCO2. The average molecular weight is 608 g/mol. The highest BCUT2D eigenvalue weighted by Crippen LogP contribution is 2.35. The van der Waals surface area contributed by atoms with Crippen LogP contribution < -0.4 is 19.1 Å². The molecule has 0 unspecified atom stereocenters. The van der Waals surface area contributed by atoms with E-state index >= 15 is 0 Å². The minimum Gasteiger partial charge on any atom is -0.486 e. The third kappa shape index (κ3) is 8.50. The summed E-state index contributed by atoms with van der Waals surface area (Å²) in [6.45, 7) is 8.36. The van der Waals surface area contributed by atoms with Crippen molar-refractivity contribution in [3.8, 4) is 11.5 Å². The Morgan fingerprint density at radius 3 is 2.23 bits per heavy atom. The predicted octanol–water partition coefficient (Wildman–Crippen LogP) is 4.33. The number of nitrogens with one attached hydrogen (secondary N) is 1. The van der Waals surface area contributed by atoms with Gasteiger partial charge in [0.25, 0.3) is 0 Å². The second-order valence-corrected chi connectivity index (χ2v) is 13.3. The normalized spacial score (nSPS) is 13.3. The minimum atomic E-state index is -3.88. The number of benzene rings is 3. The van der Waals surface area contributed by atoms with Gasteiger partial charge in [-0.2, -0.15) is 0 Å². The Morgan fingerprint density at radius 2 is 1.58 bits per heavy atom. The monoisotopic (exact) mass is 607 g/mol. The fraction of sp³-hybridized carbons (Fsp3) is 0.394. The molecule has 0 aromatic heterocycles. The van der Waals surface area contributed by atoms with Crippen LogP contribution in [0.15, 0.2) is 72.8 Å². The van der Waals surface area contributed by atoms with Gasteiger partial charge in [0.2, 0.25) is 21.8 Å². The van der Waals surface area contributed by atoms with Crippen LogP contribution in [0, 0.1) is 12.8 Å². The van der Waals surface area contributed by atoms with E-state index in [-0.39, 0.29) is 30.5 Å². The summed E-state index contributed by atoms with van der Waals surface area (Å²) in [6, 6.07) is 21.2. The van der Waals surface area contributed by atoms with Crippen molar-refractivity contribution in [1.82, 2.24) is 10.2 Å². The number of anilines is 1. The first kappa shape index (κ1) is 31.9. The maximum absolute atomic E-state index is 14.3. The molecule has 0 saturated heterocycles. The van der Waals surface area contributed by atoms with Crippen molar-refractivity contribution in [3.05, 3.63) is 89.5 Å². The lowest BCUT2D eigenvalue weighted by Gasteiger charge is -2.34. The van der Waals surface area contributed by atoms with Gasteiger partial charge in [-0.05, 0) is 43.0 Å². The van der Waals surface area contributed by atoms with E-state index in [2.05, 4.69) is 5.32 Å². The van der Waals surface area contributed by atoms with Crippen LogP contribution in [-0.2, 0) is 32.6 Å². The number of carbonyl (C=O) groups is 2. The van der Waals surface area contributed by atoms with E-state index in [1.165, 1.54) is 11.8 Å². The molecular weight excluding hydrogens is 566 g/mol. The number of amides is 2. The van der Waals surface area contributed by atoms with Gasteiger partial charge >= 0.3 is 0 Å². The van der Waals surface area contributed by atoms with Gasteiger partial charge in [-0.25, -0.2) is 8.42 Å². The Hall–Kier alpha value is -4.05. The highest BCUT2D eigenvalue weighted by atomic mass is 32.2. The Morgan fingerprint density at radius 1 is 0.907 bits per heavy atom. The molecule has 3 aromatic rings. The topological polar surface area (TPSA) is 105 Å². The molecule has 0 radical (unpaired) electrons. The highest BCUT2D eigenvalue weighted by Gasteiger charge is 2.34. The van der Waals surface area contributed by atoms with Crippen LogP contribution in [0.2, 0.25) is 0 Å². The first-order valence-electron chi connectivity index (χ1n) is 14.6. The maximum Gasteiger partial charge on any atom is 0.244 e. The van der Waals surface area contributed by atoms with Crippen molar-refractivity contribution in [3.63, 3.8) is 0 Å². The summed E-state index contributed by atoms with van der Waals surface area (Å²) in [5, 5.41) is 3.00. The molecule has 3 aromatic carbocycles. The molecule has 230 valence electrons. The van der Waals surface area contributed by atoms with Crippen molar-refractivity contribution in [2.75, 3.05) is 36.4 Å². The van der Waals surface area contributed by atoms with Gasteiger partial charge < -0.3 is 19.7 Å². The molecular formula is C33H41N3O6S. The molecule has 9 nitrogen and oxygen atoms in total. The summed E-state index contributed by atoms with van der Waals surface area (Å²) in [6.07, 6.45) is 0.271. The number of rotatable bonds is 13. The molecule has 0 aliphatic carbocycles. The van der Waals surface area contributed by atoms with Crippen molar-refractivity contribution < 1.29 is 27.5 Å². The minimum absolute atomic E-state index is 0.132. The van der Waals surface area contributed by atoms with Gasteiger partial charge in [0, 0.05) is 25.6 Å². The molecule has 1 aliphatic rings. The summed E-state index contributed by atoms with van der Waals surface area (Å²) in [7, 11) is -3.88. The lowest BCUT2D eigenvalue weighted by Crippen LogP contribution is -2.54. The predicted molar refractivity (Wildman–Crippen MR) is 168 cm³/mol. The number of nitrogens with zero attached hydrogens (tertiary/aromatic N) is 2. The summed E-state index contributed by atoms with van der Waals surface area (Å²) < 4.78 is 39.2. The first-order valence-corrected chi connectivity index (χ1v) is 16.2. The van der Waals surface area contributed by atoms with E-state index in [0.29, 0.717) is 36.9 Å². The van der Waals surface area contributed by atoms with Gasteiger partial charge in [-0.15, -0.1) is 0 Å². The molecule has 0 bridgehead atoms. The van der Waals surface area contributed by atoms with Gasteiger partial charge in [0.1, 0.15) is 25.8 Å². The molecule has 1 aliphatic heterocycles. The van der Waals surface area contributed by atoms with E-state index < -0.39 is 28.5 Å². The van der Waals surface area contributed by atoms with Crippen molar-refractivity contribution in [1.29, 1.82) is 0 Å². The third-order valence-corrected chi connectivity index (χ3v) is 8.96. The average Bonchev–Trinajstić information content (AvgIpc) is 3.01. The summed E-state index contributed by atoms with van der Waals surface area (Å²) in [4.78, 5) is 29.6. The zero-order chi connectivity index (χ0) is 31.0. The summed E-state index contributed by atoms with van der Waals surface area (Å²) in [5.41, 5.74) is 3.08. The zero-order valence-electron chi connectivity index (χ0n) is 25.3. The van der Waals surface area contributed by atoms with E-state index in [0.717, 1.165) is 21.0 Å². The van der Waals surface area contributed by atoms with Crippen LogP contribution >= 0.6 is 0 Å². The number of hydrogen-bond donors (Lipinski definition) is 1. The highest BCUT2D eigenvalue weighted by molar-refractivity contribution is 7.92. The van der Waals surface area contributed by atoms with Crippen LogP contribution in [0.4, 0.5) is 5.69 Å². The Kier molecular flexibility index (Phi) is 10.7. The number of aryl methyl sites for hydroxylation is 1. The number of hydrogen-bond acceptors (Lipinski definition) is 6. The van der Waals surface area contributed by atoms with E-state index in [9.17, 15) is 18.0 Å². The van der Waals surface area contributed by atoms with E-state index in [1.807, 2.05) is 75.4 Å². The number of carbonyl (C=O) groups excluding carboxylic acids is 2. The molecule has 1 N–H and O–H groups in total. The lowest BCUT2D eigenvalue weighted by molar-refractivity contribution is -0.140. The molecule has 1 heterocycles. The second kappa shape index (κ2) is 14.4. The van der Waals surface area contributed by atoms with Gasteiger partial charge in [-0.3, -0.25) is 13.9 Å². The molecule has 4 rings (SSSR count). The Balaban J connectivity index is 1.73. The van der Waals surface area contributed by atoms with E-state index in [4.69, 9.17) is 9.47 Å². The van der Waals surface area contributed by atoms with Crippen LogP contribution in [-0.4, -0.2) is 63.2 Å².